The molecule has 1 aliphatic rings. The molecule has 2 rings (SSSR count). The van der Waals surface area contributed by atoms with E-state index in [4.69, 9.17) is 0 Å². The highest BCUT2D eigenvalue weighted by Gasteiger charge is 2.30. The van der Waals surface area contributed by atoms with Gasteiger partial charge in [-0.1, -0.05) is 51.5 Å². The van der Waals surface area contributed by atoms with Gasteiger partial charge in [0.25, 0.3) is 0 Å². The van der Waals surface area contributed by atoms with Gasteiger partial charge in [0.1, 0.15) is 6.04 Å². The summed E-state index contributed by atoms with van der Waals surface area (Å²) in [7, 11) is 0. The van der Waals surface area contributed by atoms with E-state index in [2.05, 4.69) is 28.1 Å². The van der Waals surface area contributed by atoms with E-state index in [1.165, 1.54) is 11.1 Å². The second-order valence-corrected chi connectivity index (χ2v) is 6.57. The van der Waals surface area contributed by atoms with Gasteiger partial charge >= 0.3 is 0 Å². The molecule has 1 aliphatic heterocycles. The third-order valence-corrected chi connectivity index (χ3v) is 4.74. The summed E-state index contributed by atoms with van der Waals surface area (Å²) in [5.74, 6) is -0.0844. The van der Waals surface area contributed by atoms with E-state index >= 15 is 0 Å². The Kier molecular flexibility index (Phi) is 6.79. The lowest BCUT2D eigenvalue weighted by Gasteiger charge is -2.29. The van der Waals surface area contributed by atoms with Gasteiger partial charge in [-0.2, -0.15) is 0 Å². The smallest absolute Gasteiger partial charge is 0.242 e. The van der Waals surface area contributed by atoms with E-state index in [9.17, 15) is 9.59 Å². The average molecular weight is 331 g/mol. The van der Waals surface area contributed by atoms with Crippen molar-refractivity contribution in [1.29, 1.82) is 0 Å². The van der Waals surface area contributed by atoms with Crippen molar-refractivity contribution in [3.63, 3.8) is 0 Å². The lowest BCUT2D eigenvalue weighted by molar-refractivity contribution is -0.131. The van der Waals surface area contributed by atoms with Crippen LogP contribution in [0, 0.1) is 5.92 Å². The average Bonchev–Trinajstić information content (AvgIpc) is 2.62. The predicted octanol–water partition coefficient (Wildman–Crippen LogP) is 1.76. The third-order valence-electron chi connectivity index (χ3n) is 4.74. The molecule has 0 radical (unpaired) electrons. The van der Waals surface area contributed by atoms with Crippen LogP contribution >= 0.6 is 0 Å². The molecule has 1 heterocycles. The maximum absolute atomic E-state index is 12.7. The standard InChI is InChI=1S/C19H29N3O2/c1-4-10-20-19(24)17(13(3)5-2)22-18(23)16-11-14-8-6-7-9-15(14)12-21-16/h6-9,13,16-17,21H,4-5,10-12H2,1-3H3,(H,20,24)(H,22,23)/t13-,16+,17-/m1/s1. The summed E-state index contributed by atoms with van der Waals surface area (Å²) >= 11 is 0. The summed E-state index contributed by atoms with van der Waals surface area (Å²) in [6, 6.07) is 7.39. The number of carbonyl (C=O) groups is 2. The van der Waals surface area contributed by atoms with E-state index in [0.29, 0.717) is 19.5 Å². The van der Waals surface area contributed by atoms with Crippen LogP contribution in [0.3, 0.4) is 0 Å². The van der Waals surface area contributed by atoms with Gasteiger partial charge in [-0.25, -0.2) is 0 Å². The monoisotopic (exact) mass is 331 g/mol. The molecule has 0 saturated heterocycles. The highest BCUT2D eigenvalue weighted by Crippen LogP contribution is 2.17. The van der Waals surface area contributed by atoms with Gasteiger partial charge in [0, 0.05) is 13.1 Å². The number of carbonyl (C=O) groups excluding carboxylic acids is 2. The summed E-state index contributed by atoms with van der Waals surface area (Å²) in [6.07, 6.45) is 2.38. The van der Waals surface area contributed by atoms with E-state index in [1.807, 2.05) is 32.9 Å². The van der Waals surface area contributed by atoms with Crippen molar-refractivity contribution in [2.24, 2.45) is 5.92 Å². The first-order chi connectivity index (χ1) is 11.6. The Morgan fingerprint density at radius 1 is 1.25 bits per heavy atom. The molecule has 0 spiro atoms. The van der Waals surface area contributed by atoms with E-state index in [1.54, 1.807) is 0 Å². The Labute approximate surface area is 144 Å². The lowest BCUT2D eigenvalue weighted by Crippen LogP contribution is -2.56. The zero-order chi connectivity index (χ0) is 17.5. The van der Waals surface area contributed by atoms with E-state index in [0.717, 1.165) is 12.8 Å². The molecule has 1 aromatic carbocycles. The molecule has 132 valence electrons. The molecule has 5 nitrogen and oxygen atoms in total. The van der Waals surface area contributed by atoms with Crippen molar-refractivity contribution in [3.05, 3.63) is 35.4 Å². The molecule has 0 unspecified atom stereocenters. The highest BCUT2D eigenvalue weighted by molar-refractivity contribution is 5.90. The summed E-state index contributed by atoms with van der Waals surface area (Å²) in [5.41, 5.74) is 2.44. The Bertz CT molecular complexity index is 573. The molecule has 0 aliphatic carbocycles. The van der Waals surface area contributed by atoms with Crippen LogP contribution in [-0.4, -0.2) is 30.4 Å². The van der Waals surface area contributed by atoms with Crippen LogP contribution < -0.4 is 16.0 Å². The van der Waals surface area contributed by atoms with Gasteiger partial charge < -0.3 is 16.0 Å². The topological polar surface area (TPSA) is 70.2 Å². The van der Waals surface area contributed by atoms with Crippen molar-refractivity contribution in [2.75, 3.05) is 6.54 Å². The predicted molar refractivity (Wildman–Crippen MR) is 95.5 cm³/mol. The molecule has 2 amide bonds. The number of amides is 2. The van der Waals surface area contributed by atoms with Crippen LogP contribution in [0.25, 0.3) is 0 Å². The Morgan fingerprint density at radius 2 is 1.96 bits per heavy atom. The molecule has 5 heteroatoms. The third kappa shape index (κ3) is 4.57. The largest absolute Gasteiger partial charge is 0.354 e. The van der Waals surface area contributed by atoms with Gasteiger partial charge in [0.05, 0.1) is 6.04 Å². The molecule has 1 aromatic rings. The van der Waals surface area contributed by atoms with Crippen molar-refractivity contribution in [2.45, 2.75) is 58.7 Å². The van der Waals surface area contributed by atoms with Crippen LogP contribution in [0.15, 0.2) is 24.3 Å². The minimum Gasteiger partial charge on any atom is -0.354 e. The van der Waals surface area contributed by atoms with Crippen molar-refractivity contribution in [1.82, 2.24) is 16.0 Å². The molecule has 3 N–H and O–H groups in total. The van der Waals surface area contributed by atoms with Gasteiger partial charge in [0.2, 0.25) is 11.8 Å². The van der Waals surface area contributed by atoms with Crippen molar-refractivity contribution >= 4 is 11.8 Å². The highest BCUT2D eigenvalue weighted by atomic mass is 16.2. The molecular formula is C19H29N3O2. The van der Waals surface area contributed by atoms with Gasteiger partial charge in [0.15, 0.2) is 0 Å². The Balaban J connectivity index is 2.01. The second-order valence-electron chi connectivity index (χ2n) is 6.57. The fourth-order valence-corrected chi connectivity index (χ4v) is 2.95. The quantitative estimate of drug-likeness (QED) is 0.713. The first-order valence-electron chi connectivity index (χ1n) is 8.95. The van der Waals surface area contributed by atoms with Crippen LogP contribution in [0.5, 0.6) is 0 Å². The fraction of sp³-hybridized carbons (Fsp3) is 0.579. The number of hydrogen-bond acceptors (Lipinski definition) is 3. The number of rotatable bonds is 7. The number of nitrogens with one attached hydrogen (secondary N) is 3. The van der Waals surface area contributed by atoms with Gasteiger partial charge in [-0.3, -0.25) is 9.59 Å². The lowest BCUT2D eigenvalue weighted by atomic mass is 9.94. The molecular weight excluding hydrogens is 302 g/mol. The normalized spacial score (nSPS) is 19.0. The van der Waals surface area contributed by atoms with E-state index < -0.39 is 6.04 Å². The molecule has 24 heavy (non-hydrogen) atoms. The zero-order valence-corrected chi connectivity index (χ0v) is 14.9. The van der Waals surface area contributed by atoms with Crippen LogP contribution in [0.2, 0.25) is 0 Å². The van der Waals surface area contributed by atoms with Crippen LogP contribution in [-0.2, 0) is 22.6 Å². The first kappa shape index (κ1) is 18.5. The number of benzene rings is 1. The van der Waals surface area contributed by atoms with Crippen molar-refractivity contribution < 1.29 is 9.59 Å². The number of fused-ring (bicyclic) bond motifs is 1. The summed E-state index contributed by atoms with van der Waals surface area (Å²) in [4.78, 5) is 25.0. The second kappa shape index (κ2) is 8.83. The minimum absolute atomic E-state index is 0.0873. The zero-order valence-electron chi connectivity index (χ0n) is 14.9. The summed E-state index contributed by atoms with van der Waals surface area (Å²) < 4.78 is 0. The molecule has 0 aromatic heterocycles. The van der Waals surface area contributed by atoms with Gasteiger partial charge in [-0.05, 0) is 29.9 Å². The Morgan fingerprint density at radius 3 is 2.62 bits per heavy atom. The first-order valence-corrected chi connectivity index (χ1v) is 8.95. The molecule has 0 bridgehead atoms. The van der Waals surface area contributed by atoms with E-state index in [-0.39, 0.29) is 23.8 Å². The summed E-state index contributed by atoms with van der Waals surface area (Å²) in [5, 5.41) is 9.14. The SMILES string of the molecule is CCCNC(=O)[C@H](NC(=O)[C@@H]1Cc2ccccc2CN1)[C@H](C)CC. The van der Waals surface area contributed by atoms with Crippen molar-refractivity contribution in [3.8, 4) is 0 Å². The molecule has 0 saturated carbocycles. The minimum atomic E-state index is -0.479. The maximum atomic E-state index is 12.7. The molecule has 3 atom stereocenters. The van der Waals surface area contributed by atoms with Gasteiger partial charge in [-0.15, -0.1) is 0 Å². The van der Waals surface area contributed by atoms with Crippen LogP contribution in [0.4, 0.5) is 0 Å². The Hall–Kier alpha value is -1.88. The number of hydrogen-bond donors (Lipinski definition) is 3. The fourth-order valence-electron chi connectivity index (χ4n) is 2.95. The summed E-state index contributed by atoms with van der Waals surface area (Å²) in [6.45, 7) is 7.37. The van der Waals surface area contributed by atoms with Crippen LogP contribution in [0.1, 0.15) is 44.7 Å². The molecule has 0 fully saturated rings. The maximum Gasteiger partial charge on any atom is 0.242 e.